The van der Waals surface area contributed by atoms with E-state index in [0.29, 0.717) is 19.3 Å². The maximum atomic E-state index is 12.9. The van der Waals surface area contributed by atoms with Crippen molar-refractivity contribution >= 4 is 17.9 Å². The van der Waals surface area contributed by atoms with Crippen LogP contribution >= 0.6 is 0 Å². The summed E-state index contributed by atoms with van der Waals surface area (Å²) in [5, 5.41) is 0. The molecule has 0 aromatic heterocycles. The minimum atomic E-state index is -0.796. The van der Waals surface area contributed by atoms with Crippen LogP contribution in [-0.4, -0.2) is 37.2 Å². The van der Waals surface area contributed by atoms with Crippen LogP contribution in [0.2, 0.25) is 0 Å². The first kappa shape index (κ1) is 72.8. The Morgan fingerprint density at radius 3 is 0.829 bits per heavy atom. The zero-order valence-corrected chi connectivity index (χ0v) is 50.5. The van der Waals surface area contributed by atoms with Crippen LogP contribution in [-0.2, 0) is 28.6 Å². The second-order valence-corrected chi connectivity index (χ2v) is 22.0. The molecule has 0 fully saturated rings. The number of carbonyl (C=O) groups excluding carboxylic acids is 3. The second-order valence-electron chi connectivity index (χ2n) is 22.0. The van der Waals surface area contributed by atoms with E-state index in [2.05, 4.69) is 93.7 Å². The van der Waals surface area contributed by atoms with E-state index >= 15 is 0 Å². The van der Waals surface area contributed by atoms with E-state index in [1.165, 1.54) is 193 Å². The summed E-state index contributed by atoms with van der Waals surface area (Å²) < 4.78 is 16.9. The molecule has 0 amide bonds. The fourth-order valence-corrected chi connectivity index (χ4v) is 9.53. The van der Waals surface area contributed by atoms with E-state index in [0.717, 1.165) is 103 Å². The van der Waals surface area contributed by atoms with E-state index in [-0.39, 0.29) is 31.1 Å². The van der Waals surface area contributed by atoms with Crippen molar-refractivity contribution < 1.29 is 28.6 Å². The first-order valence-corrected chi connectivity index (χ1v) is 32.9. The van der Waals surface area contributed by atoms with E-state index in [1.807, 2.05) is 0 Å². The van der Waals surface area contributed by atoms with Gasteiger partial charge in [-0.3, -0.25) is 14.4 Å². The summed E-state index contributed by atoms with van der Waals surface area (Å²) in [6.07, 6.45) is 83.5. The van der Waals surface area contributed by atoms with Gasteiger partial charge in [0.05, 0.1) is 0 Å². The molecule has 6 heteroatoms. The Balaban J connectivity index is 4.35. The largest absolute Gasteiger partial charge is 0.462 e. The predicted octanol–water partition coefficient (Wildman–Crippen LogP) is 22.5. The molecular weight excluding hydrogens is 937 g/mol. The molecule has 0 aliphatic carbocycles. The van der Waals surface area contributed by atoms with Crippen LogP contribution in [0.15, 0.2) is 72.9 Å². The molecule has 0 heterocycles. The van der Waals surface area contributed by atoms with Crippen LogP contribution in [0.25, 0.3) is 0 Å². The molecule has 0 spiro atoms. The first-order valence-electron chi connectivity index (χ1n) is 32.9. The maximum Gasteiger partial charge on any atom is 0.306 e. The van der Waals surface area contributed by atoms with Gasteiger partial charge in [0.25, 0.3) is 0 Å². The summed E-state index contributed by atoms with van der Waals surface area (Å²) in [5.74, 6) is -0.913. The highest BCUT2D eigenvalue weighted by atomic mass is 16.6. The van der Waals surface area contributed by atoms with Crippen molar-refractivity contribution in [1.82, 2.24) is 0 Å². The highest BCUT2D eigenvalue weighted by Crippen LogP contribution is 2.17. The molecular formula is C70H124O6. The van der Waals surface area contributed by atoms with Crippen molar-refractivity contribution in [2.75, 3.05) is 13.2 Å². The third-order valence-electron chi connectivity index (χ3n) is 14.4. The van der Waals surface area contributed by atoms with Crippen molar-refractivity contribution in [3.05, 3.63) is 72.9 Å². The Morgan fingerprint density at radius 2 is 0.513 bits per heavy atom. The smallest absolute Gasteiger partial charge is 0.306 e. The monoisotopic (exact) mass is 1060 g/mol. The van der Waals surface area contributed by atoms with E-state index in [1.54, 1.807) is 0 Å². The fraction of sp³-hybridized carbons (Fsp3) is 0.786. The van der Waals surface area contributed by atoms with Gasteiger partial charge in [0.1, 0.15) is 13.2 Å². The summed E-state index contributed by atoms with van der Waals surface area (Å²) in [7, 11) is 0. The highest BCUT2D eigenvalue weighted by molar-refractivity contribution is 5.71. The molecule has 1 unspecified atom stereocenters. The van der Waals surface area contributed by atoms with E-state index < -0.39 is 6.10 Å². The lowest BCUT2D eigenvalue weighted by Crippen LogP contribution is -2.30. The third kappa shape index (κ3) is 61.7. The molecule has 0 N–H and O–H groups in total. The van der Waals surface area contributed by atoms with Crippen molar-refractivity contribution in [3.8, 4) is 0 Å². The standard InChI is InChI=1S/C70H124O6/c1-4-7-10-13-16-19-22-25-28-30-32-33-34-35-36-38-39-42-45-48-51-54-57-60-63-69(72)75-66-67(65-74-68(71)62-59-56-53-50-47-44-41-27-24-21-18-15-12-9-6-3)76-70(73)64-61-58-55-52-49-46-43-40-37-31-29-26-23-20-17-14-11-8-5-2/h8,11,17,20,26-27,29,37,40-41,46,49,67H,4-7,9-10,12-16,18-19,21-25,28,30-36,38-39,42-45,47-48,50-66H2,1-3H3/b11-8-,20-17-,29-26-,40-37-,41-27-,49-46-. The third-order valence-corrected chi connectivity index (χ3v) is 14.4. The lowest BCUT2D eigenvalue weighted by atomic mass is 10.0. The van der Waals surface area contributed by atoms with Crippen LogP contribution in [0, 0.1) is 0 Å². The number of esters is 3. The van der Waals surface area contributed by atoms with Gasteiger partial charge in [0.15, 0.2) is 6.10 Å². The molecule has 76 heavy (non-hydrogen) atoms. The molecule has 0 aromatic rings. The Hall–Kier alpha value is -3.15. The zero-order chi connectivity index (χ0) is 55.0. The van der Waals surface area contributed by atoms with Crippen molar-refractivity contribution in [2.45, 2.75) is 341 Å². The molecule has 0 rings (SSSR count). The van der Waals surface area contributed by atoms with Crippen LogP contribution in [0.1, 0.15) is 335 Å². The lowest BCUT2D eigenvalue weighted by molar-refractivity contribution is -0.167. The average molecular weight is 1060 g/mol. The summed E-state index contributed by atoms with van der Waals surface area (Å²) in [4.78, 5) is 38.3. The van der Waals surface area contributed by atoms with Crippen LogP contribution in [0.3, 0.4) is 0 Å². The number of carbonyl (C=O) groups is 3. The fourth-order valence-electron chi connectivity index (χ4n) is 9.53. The van der Waals surface area contributed by atoms with Crippen LogP contribution < -0.4 is 0 Å². The molecule has 0 aromatic carbocycles. The van der Waals surface area contributed by atoms with Crippen molar-refractivity contribution in [2.24, 2.45) is 0 Å². The molecule has 0 aliphatic heterocycles. The molecule has 6 nitrogen and oxygen atoms in total. The van der Waals surface area contributed by atoms with Crippen molar-refractivity contribution in [3.63, 3.8) is 0 Å². The zero-order valence-electron chi connectivity index (χ0n) is 50.5. The molecule has 0 saturated heterocycles. The van der Waals surface area contributed by atoms with Gasteiger partial charge in [0, 0.05) is 19.3 Å². The highest BCUT2D eigenvalue weighted by Gasteiger charge is 2.19. The summed E-state index contributed by atoms with van der Waals surface area (Å²) in [5.41, 5.74) is 0. The van der Waals surface area contributed by atoms with Crippen LogP contribution in [0.5, 0.6) is 0 Å². The second kappa shape index (κ2) is 64.4. The molecule has 0 saturated carbocycles. The van der Waals surface area contributed by atoms with E-state index in [4.69, 9.17) is 14.2 Å². The van der Waals surface area contributed by atoms with Gasteiger partial charge in [-0.1, -0.05) is 299 Å². The summed E-state index contributed by atoms with van der Waals surface area (Å²) in [6, 6.07) is 0. The summed E-state index contributed by atoms with van der Waals surface area (Å²) >= 11 is 0. The molecule has 0 aliphatic rings. The Bertz CT molecular complexity index is 1400. The molecule has 0 radical (unpaired) electrons. The number of hydrogen-bond acceptors (Lipinski definition) is 6. The summed E-state index contributed by atoms with van der Waals surface area (Å²) in [6.45, 7) is 6.53. The normalized spacial score (nSPS) is 12.5. The van der Waals surface area contributed by atoms with Crippen molar-refractivity contribution in [1.29, 1.82) is 0 Å². The number of unbranched alkanes of at least 4 members (excludes halogenated alkanes) is 37. The molecule has 440 valence electrons. The van der Waals surface area contributed by atoms with Gasteiger partial charge < -0.3 is 14.2 Å². The number of allylic oxidation sites excluding steroid dienone is 12. The Labute approximate surface area is 472 Å². The Kier molecular flexibility index (Phi) is 61.7. The minimum absolute atomic E-state index is 0.0886. The molecule has 1 atom stereocenters. The SMILES string of the molecule is CC/C=C\C/C=C\C/C=C\C/C=C\C/C=C\CCCCCC(=O)OC(COC(=O)CCCCCCC/C=C\CCCCCCCC)COC(=O)CCCCCCCCCCCCCCCCCCCCCCCCCC. The quantitative estimate of drug-likeness (QED) is 0.0261. The maximum absolute atomic E-state index is 12.9. The number of hydrogen-bond donors (Lipinski definition) is 0. The minimum Gasteiger partial charge on any atom is -0.462 e. The molecule has 0 bridgehead atoms. The van der Waals surface area contributed by atoms with E-state index in [9.17, 15) is 14.4 Å². The predicted molar refractivity (Wildman–Crippen MR) is 330 cm³/mol. The topological polar surface area (TPSA) is 78.9 Å². The van der Waals surface area contributed by atoms with Crippen LogP contribution in [0.4, 0.5) is 0 Å². The van der Waals surface area contributed by atoms with Gasteiger partial charge in [-0.15, -0.1) is 0 Å². The van der Waals surface area contributed by atoms with Gasteiger partial charge in [-0.2, -0.15) is 0 Å². The Morgan fingerprint density at radius 1 is 0.276 bits per heavy atom. The first-order chi connectivity index (χ1) is 37.5. The van der Waals surface area contributed by atoms with Gasteiger partial charge in [-0.05, 0) is 89.9 Å². The van der Waals surface area contributed by atoms with Gasteiger partial charge in [0.2, 0.25) is 0 Å². The average Bonchev–Trinajstić information content (AvgIpc) is 3.42. The van der Waals surface area contributed by atoms with Gasteiger partial charge in [-0.25, -0.2) is 0 Å². The lowest BCUT2D eigenvalue weighted by Gasteiger charge is -2.18. The number of rotatable bonds is 60. The number of ether oxygens (including phenoxy) is 3. The van der Waals surface area contributed by atoms with Gasteiger partial charge >= 0.3 is 17.9 Å².